The first kappa shape index (κ1) is 24.1. The molecule has 182 valence electrons. The monoisotopic (exact) mass is 468 g/mol. The summed E-state index contributed by atoms with van der Waals surface area (Å²) < 4.78 is 11.5. The number of nitrogens with one attached hydrogen (secondary N) is 2. The van der Waals surface area contributed by atoms with Crippen molar-refractivity contribution in [1.82, 2.24) is 20.3 Å². The summed E-state index contributed by atoms with van der Waals surface area (Å²) in [6.45, 7) is 4.60. The van der Waals surface area contributed by atoms with Gasteiger partial charge in [-0.05, 0) is 44.4 Å². The molecule has 2 atom stereocenters. The lowest BCUT2D eigenvalue weighted by molar-refractivity contribution is -0.0755. The van der Waals surface area contributed by atoms with Gasteiger partial charge in [0.05, 0.1) is 37.6 Å². The Bertz CT molecular complexity index is 1070. The highest BCUT2D eigenvalue weighted by molar-refractivity contribution is 6.08. The van der Waals surface area contributed by atoms with E-state index in [2.05, 4.69) is 22.1 Å². The SMILES string of the molecule is CON(C)C(=O)c1cc(N2CCOC[C@H]2C)nc2c(/C(=C/C=N)NC3CCCCO3)nccc12. The van der Waals surface area contributed by atoms with E-state index in [0.717, 1.165) is 19.3 Å². The number of nitrogens with zero attached hydrogens (tertiary/aromatic N) is 4. The number of carbonyl (C=O) groups is 1. The van der Waals surface area contributed by atoms with Gasteiger partial charge < -0.3 is 25.1 Å². The minimum absolute atomic E-state index is 0.104. The molecule has 4 heterocycles. The number of aromatic nitrogens is 2. The molecule has 1 amide bonds. The van der Waals surface area contributed by atoms with E-state index in [1.165, 1.54) is 18.4 Å². The van der Waals surface area contributed by atoms with Crippen LogP contribution in [0, 0.1) is 5.41 Å². The number of ether oxygens (including phenoxy) is 2. The minimum atomic E-state index is -0.282. The van der Waals surface area contributed by atoms with Crippen molar-refractivity contribution in [1.29, 1.82) is 5.41 Å². The van der Waals surface area contributed by atoms with Crippen molar-refractivity contribution >= 4 is 34.5 Å². The number of allylic oxidation sites excluding steroid dienone is 1. The molecule has 2 N–H and O–H groups in total. The first-order valence-electron chi connectivity index (χ1n) is 11.6. The molecular formula is C24H32N6O4. The van der Waals surface area contributed by atoms with Crippen molar-refractivity contribution in [2.75, 3.05) is 45.4 Å². The highest BCUT2D eigenvalue weighted by Crippen LogP contribution is 2.30. The van der Waals surface area contributed by atoms with Crippen molar-refractivity contribution < 1.29 is 19.1 Å². The van der Waals surface area contributed by atoms with Gasteiger partial charge in [0.15, 0.2) is 0 Å². The fraction of sp³-hybridized carbons (Fsp3) is 0.500. The molecule has 2 aliphatic heterocycles. The molecule has 0 spiro atoms. The van der Waals surface area contributed by atoms with Gasteiger partial charge >= 0.3 is 0 Å². The standard InChI is InChI=1S/C24H32N6O4/c1-16-15-33-13-11-30(16)20-14-18(24(31)29(2)32-3)17-8-10-26-23(22(17)28-20)19(7-9-25)27-21-6-4-5-12-34-21/h7-10,14,16,21,25,27H,4-6,11-13,15H2,1-3H3/b19-7-,25-9?/t16-,21?/m1/s1. The maximum atomic E-state index is 13.3. The molecule has 2 aromatic rings. The van der Waals surface area contributed by atoms with Gasteiger partial charge in [0.1, 0.15) is 23.3 Å². The molecule has 2 saturated heterocycles. The summed E-state index contributed by atoms with van der Waals surface area (Å²) in [7, 11) is 3.04. The molecule has 0 aliphatic carbocycles. The van der Waals surface area contributed by atoms with Crippen molar-refractivity contribution in [2.24, 2.45) is 0 Å². The number of hydroxylamine groups is 2. The second-order valence-electron chi connectivity index (χ2n) is 8.43. The molecule has 1 unspecified atom stereocenters. The lowest BCUT2D eigenvalue weighted by Crippen LogP contribution is -2.44. The van der Waals surface area contributed by atoms with Gasteiger partial charge in [-0.25, -0.2) is 10.0 Å². The third kappa shape index (κ3) is 5.03. The van der Waals surface area contributed by atoms with Crippen molar-refractivity contribution in [3.8, 4) is 0 Å². The number of carbonyl (C=O) groups excluding carboxylic acids is 1. The Hall–Kier alpha value is -3.08. The van der Waals surface area contributed by atoms with E-state index in [9.17, 15) is 4.79 Å². The van der Waals surface area contributed by atoms with Gasteiger partial charge in [0.25, 0.3) is 5.91 Å². The lowest BCUT2D eigenvalue weighted by atomic mass is 10.1. The normalized spacial score (nSPS) is 21.4. The molecule has 2 fully saturated rings. The first-order valence-corrected chi connectivity index (χ1v) is 11.6. The molecule has 10 nitrogen and oxygen atoms in total. The smallest absolute Gasteiger partial charge is 0.277 e. The molecule has 2 aliphatic rings. The topological polar surface area (TPSA) is 113 Å². The van der Waals surface area contributed by atoms with Crippen LogP contribution in [-0.2, 0) is 14.3 Å². The molecule has 10 heteroatoms. The van der Waals surface area contributed by atoms with E-state index in [4.69, 9.17) is 24.7 Å². The summed E-state index contributed by atoms with van der Waals surface area (Å²) in [4.78, 5) is 30.2. The molecule has 4 rings (SSSR count). The predicted octanol–water partition coefficient (Wildman–Crippen LogP) is 2.59. The van der Waals surface area contributed by atoms with Gasteiger partial charge in [0.2, 0.25) is 0 Å². The molecule has 0 radical (unpaired) electrons. The van der Waals surface area contributed by atoms with Crippen molar-refractivity contribution in [3.05, 3.63) is 35.7 Å². The summed E-state index contributed by atoms with van der Waals surface area (Å²) in [5.74, 6) is 0.392. The predicted molar refractivity (Wildman–Crippen MR) is 130 cm³/mol. The van der Waals surface area contributed by atoms with Crippen LogP contribution in [0.4, 0.5) is 5.82 Å². The Balaban J connectivity index is 1.86. The summed E-state index contributed by atoms with van der Waals surface area (Å²) in [6, 6.07) is 3.70. The largest absolute Gasteiger partial charge is 0.377 e. The zero-order chi connectivity index (χ0) is 24.1. The van der Waals surface area contributed by atoms with Crippen LogP contribution in [0.25, 0.3) is 16.6 Å². The molecule has 0 bridgehead atoms. The Labute approximate surface area is 199 Å². The minimum Gasteiger partial charge on any atom is -0.377 e. The van der Waals surface area contributed by atoms with Crippen molar-refractivity contribution in [2.45, 2.75) is 38.5 Å². The molecule has 34 heavy (non-hydrogen) atoms. The number of pyridine rings is 2. The van der Waals surface area contributed by atoms with Crippen molar-refractivity contribution in [3.63, 3.8) is 0 Å². The number of hydrogen-bond donors (Lipinski definition) is 2. The van der Waals surface area contributed by atoms with Gasteiger partial charge in [0, 0.05) is 38.0 Å². The highest BCUT2D eigenvalue weighted by Gasteiger charge is 2.26. The van der Waals surface area contributed by atoms with Crippen LogP contribution in [0.2, 0.25) is 0 Å². The average Bonchev–Trinajstić information content (AvgIpc) is 2.87. The highest BCUT2D eigenvalue weighted by atomic mass is 16.7. The van der Waals surface area contributed by atoms with Crippen LogP contribution in [-0.4, -0.2) is 79.9 Å². The van der Waals surface area contributed by atoms with Gasteiger partial charge in [-0.2, -0.15) is 0 Å². The fourth-order valence-corrected chi connectivity index (χ4v) is 4.29. The maximum absolute atomic E-state index is 13.3. The quantitative estimate of drug-likeness (QED) is 0.471. The number of anilines is 1. The third-order valence-electron chi connectivity index (χ3n) is 6.17. The Morgan fingerprint density at radius 2 is 2.24 bits per heavy atom. The van der Waals surface area contributed by atoms with Crippen LogP contribution in [0.1, 0.15) is 42.2 Å². The van der Waals surface area contributed by atoms with E-state index in [-0.39, 0.29) is 18.2 Å². The Morgan fingerprint density at radius 1 is 1.38 bits per heavy atom. The zero-order valence-electron chi connectivity index (χ0n) is 19.9. The molecule has 2 aromatic heterocycles. The Kier molecular flexibility index (Phi) is 7.71. The molecule has 0 saturated carbocycles. The number of rotatable bonds is 7. The summed E-state index contributed by atoms with van der Waals surface area (Å²) in [6.07, 6.45) is 7.32. The van der Waals surface area contributed by atoms with E-state index >= 15 is 0 Å². The van der Waals surface area contributed by atoms with Gasteiger partial charge in [-0.1, -0.05) is 0 Å². The van der Waals surface area contributed by atoms with E-state index in [0.29, 0.717) is 60.0 Å². The van der Waals surface area contributed by atoms with Crippen LogP contribution in [0.3, 0.4) is 0 Å². The van der Waals surface area contributed by atoms with E-state index in [1.807, 2.05) is 6.07 Å². The summed E-state index contributed by atoms with van der Waals surface area (Å²) in [5.41, 5.74) is 2.23. The number of amides is 1. The summed E-state index contributed by atoms with van der Waals surface area (Å²) >= 11 is 0. The third-order valence-corrected chi connectivity index (χ3v) is 6.17. The maximum Gasteiger partial charge on any atom is 0.277 e. The molecular weight excluding hydrogens is 436 g/mol. The first-order chi connectivity index (χ1) is 16.5. The second-order valence-corrected chi connectivity index (χ2v) is 8.43. The molecule has 0 aromatic carbocycles. The van der Waals surface area contributed by atoms with Crippen LogP contribution < -0.4 is 10.2 Å². The van der Waals surface area contributed by atoms with Gasteiger partial charge in [-0.15, -0.1) is 0 Å². The Morgan fingerprint density at radius 3 is 2.94 bits per heavy atom. The second kappa shape index (κ2) is 10.9. The number of fused-ring (bicyclic) bond motifs is 1. The van der Waals surface area contributed by atoms with Crippen LogP contribution >= 0.6 is 0 Å². The average molecular weight is 469 g/mol. The number of morpholine rings is 1. The summed E-state index contributed by atoms with van der Waals surface area (Å²) in [5, 5.41) is 12.9. The lowest BCUT2D eigenvalue weighted by Gasteiger charge is -2.34. The fourth-order valence-electron chi connectivity index (χ4n) is 4.29. The zero-order valence-corrected chi connectivity index (χ0v) is 19.9. The van der Waals surface area contributed by atoms with Crippen LogP contribution in [0.15, 0.2) is 24.4 Å². The van der Waals surface area contributed by atoms with Gasteiger partial charge in [-0.3, -0.25) is 14.6 Å². The number of hydrogen-bond acceptors (Lipinski definition) is 9. The van der Waals surface area contributed by atoms with E-state index in [1.54, 1.807) is 25.4 Å². The van der Waals surface area contributed by atoms with E-state index < -0.39 is 0 Å². The van der Waals surface area contributed by atoms with Crippen LogP contribution in [0.5, 0.6) is 0 Å².